The van der Waals surface area contributed by atoms with E-state index in [-0.39, 0.29) is 11.6 Å². The predicted molar refractivity (Wildman–Crippen MR) is 69.0 cm³/mol. The van der Waals surface area contributed by atoms with Crippen molar-refractivity contribution < 1.29 is 4.79 Å². The van der Waals surface area contributed by atoms with Crippen LogP contribution in [0, 0.1) is 0 Å². The Morgan fingerprint density at radius 3 is 3.06 bits per heavy atom. The highest BCUT2D eigenvalue weighted by Gasteiger charge is 2.11. The molecule has 0 radical (unpaired) electrons. The van der Waals surface area contributed by atoms with Gasteiger partial charge in [0.05, 0.1) is 5.02 Å². The molecule has 3 N–H and O–H groups in total. The van der Waals surface area contributed by atoms with Gasteiger partial charge in [-0.15, -0.1) is 0 Å². The molecule has 0 saturated carbocycles. The molecule has 4 nitrogen and oxygen atoms in total. The Morgan fingerprint density at radius 2 is 2.38 bits per heavy atom. The lowest BCUT2D eigenvalue weighted by Crippen LogP contribution is -2.26. The summed E-state index contributed by atoms with van der Waals surface area (Å²) in [4.78, 5) is 15.6. The summed E-state index contributed by atoms with van der Waals surface area (Å²) >= 11 is 7.59. The molecule has 88 valence electrons. The van der Waals surface area contributed by atoms with Gasteiger partial charge in [-0.25, -0.2) is 4.98 Å². The summed E-state index contributed by atoms with van der Waals surface area (Å²) in [7, 11) is 0. The Balaban J connectivity index is 2.55. The van der Waals surface area contributed by atoms with E-state index in [0.29, 0.717) is 17.4 Å². The Labute approximate surface area is 104 Å². The van der Waals surface area contributed by atoms with Crippen molar-refractivity contribution >= 4 is 35.1 Å². The number of nitrogen functional groups attached to an aromatic ring is 1. The fourth-order valence-electron chi connectivity index (χ4n) is 1.12. The van der Waals surface area contributed by atoms with Gasteiger partial charge in [0.15, 0.2) is 0 Å². The molecule has 0 aromatic carbocycles. The van der Waals surface area contributed by atoms with Gasteiger partial charge >= 0.3 is 0 Å². The van der Waals surface area contributed by atoms with Crippen LogP contribution in [0.4, 0.5) is 5.82 Å². The van der Waals surface area contributed by atoms with Crippen molar-refractivity contribution in [1.29, 1.82) is 0 Å². The quantitative estimate of drug-likeness (QED) is 0.792. The molecule has 16 heavy (non-hydrogen) atoms. The molecule has 0 saturated heterocycles. The van der Waals surface area contributed by atoms with Crippen LogP contribution in [0.25, 0.3) is 0 Å². The average Bonchev–Trinajstić information content (AvgIpc) is 2.27. The highest BCUT2D eigenvalue weighted by Crippen LogP contribution is 2.14. The zero-order valence-corrected chi connectivity index (χ0v) is 10.6. The Hall–Kier alpha value is -0.940. The molecule has 0 spiro atoms. The molecule has 0 atom stereocenters. The van der Waals surface area contributed by atoms with Crippen molar-refractivity contribution in [3.05, 3.63) is 22.8 Å². The summed E-state index contributed by atoms with van der Waals surface area (Å²) in [6.07, 6.45) is 2.95. The van der Waals surface area contributed by atoms with Crippen LogP contribution >= 0.6 is 23.4 Å². The van der Waals surface area contributed by atoms with Crippen molar-refractivity contribution in [2.45, 2.75) is 6.42 Å². The molecule has 0 aliphatic rings. The van der Waals surface area contributed by atoms with E-state index in [1.54, 1.807) is 23.9 Å². The summed E-state index contributed by atoms with van der Waals surface area (Å²) in [5.41, 5.74) is 5.67. The molecule has 0 aliphatic carbocycles. The molecule has 1 rings (SSSR count). The maximum absolute atomic E-state index is 11.7. The Bertz CT molecular complexity index is 373. The molecule has 1 aromatic rings. The number of hydrogen-bond acceptors (Lipinski definition) is 4. The van der Waals surface area contributed by atoms with Gasteiger partial charge in [-0.05, 0) is 30.6 Å². The fourth-order valence-corrected chi connectivity index (χ4v) is 1.74. The lowest BCUT2D eigenvalue weighted by atomic mass is 10.3. The van der Waals surface area contributed by atoms with Gasteiger partial charge in [0.25, 0.3) is 5.91 Å². The number of nitrogens with two attached hydrogens (primary N) is 1. The maximum atomic E-state index is 11.7. The van der Waals surface area contributed by atoms with Crippen molar-refractivity contribution in [3.8, 4) is 0 Å². The number of pyridine rings is 1. The smallest absolute Gasteiger partial charge is 0.271 e. The van der Waals surface area contributed by atoms with Crippen molar-refractivity contribution in [3.63, 3.8) is 0 Å². The molecule has 6 heteroatoms. The van der Waals surface area contributed by atoms with E-state index in [4.69, 9.17) is 17.3 Å². The third-order valence-corrected chi connectivity index (χ3v) is 2.90. The summed E-state index contributed by atoms with van der Waals surface area (Å²) in [6, 6.07) is 3.13. The monoisotopic (exact) mass is 259 g/mol. The van der Waals surface area contributed by atoms with Gasteiger partial charge in [0.1, 0.15) is 11.5 Å². The number of anilines is 1. The number of aromatic nitrogens is 1. The van der Waals surface area contributed by atoms with Crippen molar-refractivity contribution in [2.24, 2.45) is 0 Å². The fraction of sp³-hybridized carbons (Fsp3) is 0.400. The molecular formula is C10H14ClN3OS. The maximum Gasteiger partial charge on any atom is 0.271 e. The van der Waals surface area contributed by atoms with Crippen LogP contribution in [0.5, 0.6) is 0 Å². The van der Waals surface area contributed by atoms with Crippen LogP contribution in [0.15, 0.2) is 12.1 Å². The minimum Gasteiger partial charge on any atom is -0.384 e. The number of carbonyl (C=O) groups is 1. The predicted octanol–water partition coefficient (Wildman–Crippen LogP) is 1.80. The average molecular weight is 260 g/mol. The molecule has 0 unspecified atom stereocenters. The van der Waals surface area contributed by atoms with Crippen LogP contribution in [0.3, 0.4) is 0 Å². The van der Waals surface area contributed by atoms with Gasteiger partial charge in [0, 0.05) is 6.54 Å². The second-order valence-corrected chi connectivity index (χ2v) is 4.56. The molecule has 0 fully saturated rings. The largest absolute Gasteiger partial charge is 0.384 e. The second kappa shape index (κ2) is 6.60. The lowest BCUT2D eigenvalue weighted by Gasteiger charge is -2.05. The van der Waals surface area contributed by atoms with Crippen LogP contribution < -0.4 is 11.1 Å². The first kappa shape index (κ1) is 13.1. The van der Waals surface area contributed by atoms with E-state index in [9.17, 15) is 4.79 Å². The number of nitrogens with one attached hydrogen (secondary N) is 1. The van der Waals surface area contributed by atoms with E-state index < -0.39 is 0 Å². The van der Waals surface area contributed by atoms with Crippen LogP contribution in [-0.2, 0) is 0 Å². The first-order chi connectivity index (χ1) is 7.65. The molecule has 0 bridgehead atoms. The third kappa shape index (κ3) is 3.90. The highest BCUT2D eigenvalue weighted by atomic mass is 35.5. The second-order valence-electron chi connectivity index (χ2n) is 3.17. The summed E-state index contributed by atoms with van der Waals surface area (Å²) in [5.74, 6) is 1.02. The molecule has 1 heterocycles. The van der Waals surface area contributed by atoms with E-state index in [1.165, 1.54) is 0 Å². The Kier molecular flexibility index (Phi) is 5.42. The normalized spacial score (nSPS) is 10.1. The number of nitrogens with zero attached hydrogens (tertiary/aromatic N) is 1. The third-order valence-electron chi connectivity index (χ3n) is 1.89. The van der Waals surface area contributed by atoms with Crippen molar-refractivity contribution in [1.82, 2.24) is 10.3 Å². The van der Waals surface area contributed by atoms with Crippen LogP contribution in [-0.4, -0.2) is 29.4 Å². The first-order valence-electron chi connectivity index (χ1n) is 4.84. The number of hydrogen-bond donors (Lipinski definition) is 2. The number of amides is 1. The van der Waals surface area contributed by atoms with E-state index >= 15 is 0 Å². The summed E-state index contributed by atoms with van der Waals surface area (Å²) < 4.78 is 0. The lowest BCUT2D eigenvalue weighted by molar-refractivity contribution is 0.0949. The van der Waals surface area contributed by atoms with E-state index in [2.05, 4.69) is 10.3 Å². The van der Waals surface area contributed by atoms with Crippen molar-refractivity contribution in [2.75, 3.05) is 24.3 Å². The number of rotatable bonds is 5. The standard InChI is InChI=1S/C10H14ClN3OS/c1-16-6-2-5-13-10(15)9-7(11)3-4-8(12)14-9/h3-4H,2,5-6H2,1H3,(H2,12,14)(H,13,15). The minimum atomic E-state index is -0.279. The van der Waals surface area contributed by atoms with Gasteiger partial charge in [0.2, 0.25) is 0 Å². The van der Waals surface area contributed by atoms with E-state index in [1.807, 2.05) is 6.26 Å². The minimum absolute atomic E-state index is 0.186. The summed E-state index contributed by atoms with van der Waals surface area (Å²) in [5, 5.41) is 3.06. The molecule has 1 aromatic heterocycles. The SMILES string of the molecule is CSCCCNC(=O)c1nc(N)ccc1Cl. The molecule has 1 amide bonds. The van der Waals surface area contributed by atoms with Gasteiger partial charge in [-0.3, -0.25) is 4.79 Å². The Morgan fingerprint density at radius 1 is 1.62 bits per heavy atom. The number of halogens is 1. The van der Waals surface area contributed by atoms with Gasteiger partial charge < -0.3 is 11.1 Å². The highest BCUT2D eigenvalue weighted by molar-refractivity contribution is 7.98. The van der Waals surface area contributed by atoms with Gasteiger partial charge in [-0.1, -0.05) is 11.6 Å². The zero-order chi connectivity index (χ0) is 12.0. The van der Waals surface area contributed by atoms with Gasteiger partial charge in [-0.2, -0.15) is 11.8 Å². The van der Waals surface area contributed by atoms with E-state index in [0.717, 1.165) is 12.2 Å². The first-order valence-corrected chi connectivity index (χ1v) is 6.61. The number of thioether (sulfide) groups is 1. The molecule has 0 aliphatic heterocycles. The topological polar surface area (TPSA) is 68.0 Å². The van der Waals surface area contributed by atoms with Crippen LogP contribution in [0.2, 0.25) is 5.02 Å². The van der Waals surface area contributed by atoms with Crippen LogP contribution in [0.1, 0.15) is 16.9 Å². The molecular weight excluding hydrogens is 246 g/mol. The number of carbonyl (C=O) groups excluding carboxylic acids is 1. The zero-order valence-electron chi connectivity index (χ0n) is 9.00. The summed E-state index contributed by atoms with van der Waals surface area (Å²) in [6.45, 7) is 0.618.